The van der Waals surface area contributed by atoms with Crippen molar-refractivity contribution >= 4 is 5.69 Å². The molecule has 4 heteroatoms. The van der Waals surface area contributed by atoms with Gasteiger partial charge in [0.1, 0.15) is 0 Å². The van der Waals surface area contributed by atoms with E-state index in [1.54, 1.807) is 16.8 Å². The largest absolute Gasteiger partial charge is 0.398 e. The molecule has 4 nitrogen and oxygen atoms in total. The number of hydrogen-bond donors (Lipinski definition) is 1. The van der Waals surface area contributed by atoms with E-state index in [4.69, 9.17) is 10.5 Å². The fourth-order valence-corrected chi connectivity index (χ4v) is 1.36. The first-order valence-electron chi connectivity index (χ1n) is 5.71. The number of nitrogens with zero attached hydrogens (tertiary/aromatic N) is 1. The SMILES string of the molecule is CCC(C)OCCCn1cc(N)ccc1=O. The normalized spacial score (nSPS) is 12.6. The van der Waals surface area contributed by atoms with Crippen LogP contribution < -0.4 is 11.3 Å². The topological polar surface area (TPSA) is 57.2 Å². The second kappa shape index (κ2) is 6.33. The van der Waals surface area contributed by atoms with Gasteiger partial charge >= 0.3 is 0 Å². The maximum Gasteiger partial charge on any atom is 0.250 e. The zero-order valence-corrected chi connectivity index (χ0v) is 9.98. The molecule has 0 bridgehead atoms. The van der Waals surface area contributed by atoms with E-state index in [2.05, 4.69) is 6.92 Å². The quantitative estimate of drug-likeness (QED) is 0.747. The first-order valence-corrected chi connectivity index (χ1v) is 5.71. The summed E-state index contributed by atoms with van der Waals surface area (Å²) < 4.78 is 7.16. The molecular formula is C12H20N2O2. The lowest BCUT2D eigenvalue weighted by Crippen LogP contribution is -2.20. The first-order chi connectivity index (χ1) is 7.63. The molecule has 0 radical (unpaired) electrons. The number of hydrogen-bond acceptors (Lipinski definition) is 3. The van der Waals surface area contributed by atoms with E-state index in [0.717, 1.165) is 12.8 Å². The van der Waals surface area contributed by atoms with Crippen LogP contribution in [0.4, 0.5) is 5.69 Å². The van der Waals surface area contributed by atoms with Gasteiger partial charge in [0.2, 0.25) is 0 Å². The Morgan fingerprint density at radius 2 is 2.25 bits per heavy atom. The monoisotopic (exact) mass is 224 g/mol. The molecule has 2 N–H and O–H groups in total. The minimum Gasteiger partial charge on any atom is -0.398 e. The second-order valence-electron chi connectivity index (χ2n) is 3.94. The van der Waals surface area contributed by atoms with Gasteiger partial charge in [0.05, 0.1) is 6.10 Å². The van der Waals surface area contributed by atoms with Crippen LogP contribution in [0.25, 0.3) is 0 Å². The predicted octanol–water partition coefficient (Wildman–Crippen LogP) is 1.64. The average Bonchev–Trinajstić information content (AvgIpc) is 2.28. The molecule has 0 aliphatic carbocycles. The summed E-state index contributed by atoms with van der Waals surface area (Å²) in [7, 11) is 0. The summed E-state index contributed by atoms with van der Waals surface area (Å²) in [5.74, 6) is 0. The van der Waals surface area contributed by atoms with E-state index in [-0.39, 0.29) is 11.7 Å². The molecule has 0 spiro atoms. The Labute approximate surface area is 96.0 Å². The molecule has 1 aromatic heterocycles. The van der Waals surface area contributed by atoms with Crippen LogP contribution in [0.1, 0.15) is 26.7 Å². The van der Waals surface area contributed by atoms with Gasteiger partial charge in [0.25, 0.3) is 5.56 Å². The number of rotatable bonds is 6. The van der Waals surface area contributed by atoms with Crippen molar-refractivity contribution in [1.82, 2.24) is 4.57 Å². The minimum atomic E-state index is -0.0160. The third kappa shape index (κ3) is 4.06. The zero-order valence-electron chi connectivity index (χ0n) is 9.98. The van der Waals surface area contributed by atoms with Gasteiger partial charge in [-0.15, -0.1) is 0 Å². The summed E-state index contributed by atoms with van der Waals surface area (Å²) in [4.78, 5) is 11.4. The van der Waals surface area contributed by atoms with E-state index in [0.29, 0.717) is 18.8 Å². The van der Waals surface area contributed by atoms with E-state index >= 15 is 0 Å². The van der Waals surface area contributed by atoms with Crippen LogP contribution in [0.2, 0.25) is 0 Å². The fourth-order valence-electron chi connectivity index (χ4n) is 1.36. The lowest BCUT2D eigenvalue weighted by Gasteiger charge is -2.11. The van der Waals surface area contributed by atoms with Gasteiger partial charge in [0.15, 0.2) is 0 Å². The molecule has 0 amide bonds. The molecule has 1 unspecified atom stereocenters. The number of anilines is 1. The molecule has 1 rings (SSSR count). The van der Waals surface area contributed by atoms with Crippen LogP contribution in [0.3, 0.4) is 0 Å². The van der Waals surface area contributed by atoms with E-state index < -0.39 is 0 Å². The van der Waals surface area contributed by atoms with Crippen molar-refractivity contribution in [3.05, 3.63) is 28.7 Å². The highest BCUT2D eigenvalue weighted by molar-refractivity contribution is 5.33. The lowest BCUT2D eigenvalue weighted by molar-refractivity contribution is 0.0599. The van der Waals surface area contributed by atoms with Gasteiger partial charge in [-0.05, 0) is 25.8 Å². The van der Waals surface area contributed by atoms with E-state index in [1.165, 1.54) is 6.07 Å². The molecular weight excluding hydrogens is 204 g/mol. The summed E-state index contributed by atoms with van der Waals surface area (Å²) in [6, 6.07) is 3.11. The van der Waals surface area contributed by atoms with Crippen LogP contribution in [0.5, 0.6) is 0 Å². The Morgan fingerprint density at radius 1 is 1.50 bits per heavy atom. The van der Waals surface area contributed by atoms with Crippen LogP contribution in [-0.4, -0.2) is 17.3 Å². The van der Waals surface area contributed by atoms with E-state index in [9.17, 15) is 4.79 Å². The molecule has 0 aliphatic rings. The van der Waals surface area contributed by atoms with Gasteiger partial charge in [0, 0.05) is 31.1 Å². The third-order valence-electron chi connectivity index (χ3n) is 2.53. The number of pyridine rings is 1. The van der Waals surface area contributed by atoms with Gasteiger partial charge < -0.3 is 15.0 Å². The second-order valence-corrected chi connectivity index (χ2v) is 3.94. The maximum atomic E-state index is 11.4. The summed E-state index contributed by atoms with van der Waals surface area (Å²) in [6.07, 6.45) is 3.80. The van der Waals surface area contributed by atoms with Gasteiger partial charge in [-0.2, -0.15) is 0 Å². The van der Waals surface area contributed by atoms with Crippen molar-refractivity contribution in [2.45, 2.75) is 39.3 Å². The number of nitrogens with two attached hydrogens (primary N) is 1. The van der Waals surface area contributed by atoms with Gasteiger partial charge in [-0.3, -0.25) is 4.79 Å². The van der Waals surface area contributed by atoms with Crippen LogP contribution >= 0.6 is 0 Å². The maximum absolute atomic E-state index is 11.4. The molecule has 0 saturated heterocycles. The van der Waals surface area contributed by atoms with Crippen molar-refractivity contribution < 1.29 is 4.74 Å². The van der Waals surface area contributed by atoms with Crippen molar-refractivity contribution in [1.29, 1.82) is 0 Å². The van der Waals surface area contributed by atoms with E-state index in [1.807, 2.05) is 6.92 Å². The van der Waals surface area contributed by atoms with Crippen LogP contribution in [0.15, 0.2) is 23.1 Å². The lowest BCUT2D eigenvalue weighted by atomic mass is 10.3. The summed E-state index contributed by atoms with van der Waals surface area (Å²) in [5.41, 5.74) is 6.21. The third-order valence-corrected chi connectivity index (χ3v) is 2.53. The standard InChI is InChI=1S/C12H20N2O2/c1-3-10(2)16-8-4-7-14-9-11(13)5-6-12(14)15/h5-6,9-10H,3-4,7-8,13H2,1-2H3. The van der Waals surface area contributed by atoms with Crippen molar-refractivity contribution in [3.8, 4) is 0 Å². The predicted molar refractivity (Wildman–Crippen MR) is 65.4 cm³/mol. The molecule has 0 aromatic carbocycles. The van der Waals surface area contributed by atoms with Crippen LogP contribution in [0, 0.1) is 0 Å². The Balaban J connectivity index is 2.37. The molecule has 90 valence electrons. The number of nitrogen functional groups attached to an aromatic ring is 1. The highest BCUT2D eigenvalue weighted by Crippen LogP contribution is 2.00. The summed E-state index contributed by atoms with van der Waals surface area (Å²) in [5, 5.41) is 0. The minimum absolute atomic E-state index is 0.0160. The summed E-state index contributed by atoms with van der Waals surface area (Å²) in [6.45, 7) is 5.47. The highest BCUT2D eigenvalue weighted by Gasteiger charge is 1.99. The number of aromatic nitrogens is 1. The highest BCUT2D eigenvalue weighted by atomic mass is 16.5. The molecule has 0 fully saturated rings. The molecule has 0 aliphatic heterocycles. The van der Waals surface area contributed by atoms with Crippen molar-refractivity contribution in [2.75, 3.05) is 12.3 Å². The van der Waals surface area contributed by atoms with Crippen molar-refractivity contribution in [2.24, 2.45) is 0 Å². The first kappa shape index (κ1) is 12.8. The Kier molecular flexibility index (Phi) is 5.05. The summed E-state index contributed by atoms with van der Waals surface area (Å²) >= 11 is 0. The Hall–Kier alpha value is -1.29. The Morgan fingerprint density at radius 3 is 2.94 bits per heavy atom. The molecule has 0 saturated carbocycles. The molecule has 1 heterocycles. The van der Waals surface area contributed by atoms with Gasteiger partial charge in [-0.1, -0.05) is 6.92 Å². The zero-order chi connectivity index (χ0) is 12.0. The van der Waals surface area contributed by atoms with Gasteiger partial charge in [-0.25, -0.2) is 0 Å². The molecule has 16 heavy (non-hydrogen) atoms. The number of ether oxygens (including phenoxy) is 1. The molecule has 1 aromatic rings. The Bertz CT molecular complexity index is 374. The van der Waals surface area contributed by atoms with Crippen molar-refractivity contribution in [3.63, 3.8) is 0 Å². The fraction of sp³-hybridized carbons (Fsp3) is 0.583. The molecule has 1 atom stereocenters. The van der Waals surface area contributed by atoms with Crippen LogP contribution in [-0.2, 0) is 11.3 Å². The average molecular weight is 224 g/mol. The smallest absolute Gasteiger partial charge is 0.250 e. The number of aryl methyl sites for hydroxylation is 1.